The first kappa shape index (κ1) is 44.0. The Morgan fingerprint density at radius 1 is 0.852 bits per heavy atom. The summed E-state index contributed by atoms with van der Waals surface area (Å²) in [6.45, 7) is 12.3. The number of hydrogen-bond acceptors (Lipinski definition) is 6. The molecule has 6 rings (SSSR count). The lowest BCUT2D eigenvalue weighted by atomic mass is 9.79. The Balaban J connectivity index is 0.00000124. The molecule has 2 heterocycles. The number of allylic oxidation sites excluding steroid dienone is 4. The van der Waals surface area contributed by atoms with Gasteiger partial charge in [-0.3, -0.25) is 4.55 Å². The van der Waals surface area contributed by atoms with Crippen LogP contribution in [0.3, 0.4) is 0 Å². The third-order valence-corrected chi connectivity index (χ3v) is 12.8. The van der Waals surface area contributed by atoms with Crippen molar-refractivity contribution in [2.24, 2.45) is 0 Å². The van der Waals surface area contributed by atoms with Crippen molar-refractivity contribution in [2.75, 3.05) is 16.8 Å². The van der Waals surface area contributed by atoms with Crippen molar-refractivity contribution < 1.29 is 47.2 Å². The van der Waals surface area contributed by atoms with Crippen molar-refractivity contribution >= 4 is 91.2 Å². The van der Waals surface area contributed by atoms with E-state index in [0.717, 1.165) is 66.3 Å². The van der Waals surface area contributed by atoms with E-state index in [4.69, 9.17) is 12.6 Å². The molecule has 1 unspecified atom stereocenters. The van der Waals surface area contributed by atoms with E-state index in [9.17, 15) is 13.0 Å². The van der Waals surface area contributed by atoms with Gasteiger partial charge in [-0.25, -0.2) is 0 Å². The molecule has 4 aromatic carbocycles. The smallest absolute Gasteiger partial charge is 0.425 e. The fourth-order valence-corrected chi connectivity index (χ4v) is 9.97. The van der Waals surface area contributed by atoms with Crippen LogP contribution >= 0.6 is 31.9 Å². The second-order valence-corrected chi connectivity index (χ2v) is 18.2. The second kappa shape index (κ2) is 18.1. The normalized spacial score (nSPS) is 17.0. The molecule has 0 aromatic heterocycles. The fourth-order valence-electron chi connectivity index (χ4n) is 8.10. The molecule has 2 aliphatic heterocycles. The number of rotatable bonds is 12. The average Bonchev–Trinajstić information content (AvgIpc) is 3.47. The van der Waals surface area contributed by atoms with Crippen LogP contribution in [-0.2, 0) is 31.6 Å². The highest BCUT2D eigenvalue weighted by molar-refractivity contribution is 9.09. The van der Waals surface area contributed by atoms with Crippen molar-refractivity contribution in [1.82, 2.24) is 0 Å². The summed E-state index contributed by atoms with van der Waals surface area (Å²) in [4.78, 5) is 2.39. The first-order valence-corrected chi connectivity index (χ1v) is 22.4. The van der Waals surface area contributed by atoms with Gasteiger partial charge in [-0.15, -0.1) is 12.6 Å². The number of hydrogen-bond donors (Lipinski definition) is 1. The van der Waals surface area contributed by atoms with Crippen LogP contribution in [0.1, 0.15) is 84.3 Å². The maximum Gasteiger partial charge on any atom is 0.425 e. The van der Waals surface area contributed by atoms with E-state index in [1.54, 1.807) is 6.07 Å². The molecule has 0 fully saturated rings. The van der Waals surface area contributed by atoms with Gasteiger partial charge in [-0.1, -0.05) is 114 Å². The zero-order valence-electron chi connectivity index (χ0n) is 31.2. The molecule has 0 spiro atoms. The molecule has 290 valence electrons. The summed E-state index contributed by atoms with van der Waals surface area (Å²) in [7, 11) is -7.50. The Hall–Kier alpha value is -2.68. The Labute approximate surface area is 348 Å². The van der Waals surface area contributed by atoms with Crippen molar-refractivity contribution in [3.63, 3.8) is 0 Å². The summed E-state index contributed by atoms with van der Waals surface area (Å²) >= 11 is 7.66. The number of alkyl halides is 2. The quantitative estimate of drug-likeness (QED) is 0.0521. The molecule has 0 amide bonds. The number of benzene rings is 4. The third kappa shape index (κ3) is 8.81. The lowest BCUT2D eigenvalue weighted by Gasteiger charge is -2.31. The fraction of sp³-hybridized carbons (Fsp3) is 0.390. The van der Waals surface area contributed by atoms with Crippen LogP contribution in [-0.4, -0.2) is 52.7 Å². The average molecular weight is 968 g/mol. The molecular formula is C41H47Br3N2O6S2. The summed E-state index contributed by atoms with van der Waals surface area (Å²) in [5, 5.41) is 4.98. The molecule has 0 aliphatic carbocycles. The predicted octanol–water partition coefficient (Wildman–Crippen LogP) is 7.33. The third-order valence-electron chi connectivity index (χ3n) is 10.4. The van der Waals surface area contributed by atoms with E-state index >= 15 is 0 Å². The Kier molecular flexibility index (Phi) is 14.7. The van der Waals surface area contributed by atoms with Gasteiger partial charge >= 0.3 is 10.6 Å². The largest absolute Gasteiger partial charge is 1.00 e. The minimum absolute atomic E-state index is 0. The highest BCUT2D eigenvalue weighted by atomic mass is 79.9. The Morgan fingerprint density at radius 2 is 1.54 bits per heavy atom. The van der Waals surface area contributed by atoms with Gasteiger partial charge in [-0.2, -0.15) is 13.0 Å². The molecule has 8 nitrogen and oxygen atoms in total. The van der Waals surface area contributed by atoms with Gasteiger partial charge in [0.2, 0.25) is 5.69 Å². The molecule has 4 aromatic rings. The molecular weight excluding hydrogens is 920 g/mol. The molecule has 0 saturated carbocycles. The van der Waals surface area contributed by atoms with Crippen LogP contribution in [0.4, 0.5) is 11.4 Å². The Morgan fingerprint density at radius 3 is 2.20 bits per heavy atom. The van der Waals surface area contributed by atoms with Crippen molar-refractivity contribution in [2.45, 2.75) is 93.8 Å². The van der Waals surface area contributed by atoms with Gasteiger partial charge in [0, 0.05) is 51.6 Å². The van der Waals surface area contributed by atoms with Crippen LogP contribution in [0.25, 0.3) is 21.5 Å². The highest BCUT2D eigenvalue weighted by Gasteiger charge is 2.46. The summed E-state index contributed by atoms with van der Waals surface area (Å²) in [6.07, 6.45) is 13.4. The SMILES string of the molecule is CCCCC(Br)N1C(=CC=CC2=[N+](CCCCCBr)c3ccc4ccccc4c3C2(C)C)C(C)(C)c2c1ccc1c(S(=O)(=O)O)cccc21.O=S(=O)=O.[Br-]. The Bertz CT molecular complexity index is 2350. The van der Waals surface area contributed by atoms with E-state index in [0.29, 0.717) is 5.39 Å². The summed E-state index contributed by atoms with van der Waals surface area (Å²) < 4.78 is 62.7. The monoisotopic (exact) mass is 964 g/mol. The van der Waals surface area contributed by atoms with E-state index < -0.39 is 26.1 Å². The van der Waals surface area contributed by atoms with Crippen molar-refractivity contribution in [3.05, 3.63) is 102 Å². The number of nitrogens with zero attached hydrogens (tertiary/aromatic N) is 2. The number of halogens is 3. The molecule has 1 atom stereocenters. The zero-order chi connectivity index (χ0) is 38.7. The van der Waals surface area contributed by atoms with Crippen molar-refractivity contribution in [3.8, 4) is 0 Å². The van der Waals surface area contributed by atoms with E-state index in [1.165, 1.54) is 40.2 Å². The van der Waals surface area contributed by atoms with E-state index in [2.05, 4.69) is 131 Å². The molecule has 2 aliphatic rings. The molecule has 13 heteroatoms. The number of unbranched alkanes of at least 4 members (excludes halogenated alkanes) is 3. The standard InChI is InChI=1S/C41H46Br2N2O3S.BrH.O3S/c1-6-7-21-37(43)45-33-25-23-30-31(17-13-18-34(30)49(46,47)48)39(33)41(4,5)36(45)20-14-19-35-40(2,3)38-29-16-10-9-15-28(29)22-24-32(38)44(35)27-12-8-11-26-42;;1-4(2)3/h9-10,13-20,22-25,37H,6-8,11-12,21,26-27H2,1-5H3;1H;. The second-order valence-electron chi connectivity index (χ2n) is 14.6. The molecule has 0 radical (unpaired) electrons. The van der Waals surface area contributed by atoms with Crippen LogP contribution < -0.4 is 21.9 Å². The minimum Gasteiger partial charge on any atom is -1.00 e. The first-order chi connectivity index (χ1) is 25.1. The summed E-state index contributed by atoms with van der Waals surface area (Å²) in [5.41, 5.74) is 6.60. The van der Waals surface area contributed by atoms with Gasteiger partial charge in [0.05, 0.1) is 10.4 Å². The van der Waals surface area contributed by atoms with Gasteiger partial charge in [0.1, 0.15) is 11.4 Å². The maximum absolute atomic E-state index is 12.4. The van der Waals surface area contributed by atoms with Crippen molar-refractivity contribution in [1.29, 1.82) is 0 Å². The number of fused-ring (bicyclic) bond motifs is 6. The first-order valence-electron chi connectivity index (χ1n) is 17.9. The summed E-state index contributed by atoms with van der Waals surface area (Å²) in [5.74, 6) is 0. The van der Waals surface area contributed by atoms with E-state index in [1.807, 2.05) is 18.2 Å². The maximum atomic E-state index is 12.4. The van der Waals surface area contributed by atoms with Gasteiger partial charge < -0.3 is 21.9 Å². The molecule has 54 heavy (non-hydrogen) atoms. The minimum atomic E-state index is -4.38. The number of anilines is 1. The van der Waals surface area contributed by atoms with Gasteiger partial charge in [0.15, 0.2) is 5.71 Å². The van der Waals surface area contributed by atoms with Crippen LogP contribution in [0.2, 0.25) is 0 Å². The predicted molar refractivity (Wildman–Crippen MR) is 223 cm³/mol. The highest BCUT2D eigenvalue weighted by Crippen LogP contribution is 2.53. The van der Waals surface area contributed by atoms with E-state index in [-0.39, 0.29) is 32.2 Å². The van der Waals surface area contributed by atoms with Gasteiger partial charge in [-0.05, 0) is 79.1 Å². The van der Waals surface area contributed by atoms with Crippen LogP contribution in [0, 0.1) is 0 Å². The zero-order valence-corrected chi connectivity index (χ0v) is 37.5. The van der Waals surface area contributed by atoms with Crippen LogP contribution in [0.5, 0.6) is 0 Å². The molecule has 0 bridgehead atoms. The topological polar surface area (TPSA) is 112 Å². The lowest BCUT2D eigenvalue weighted by molar-refractivity contribution is -0.438. The van der Waals surface area contributed by atoms with Crippen LogP contribution in [0.15, 0.2) is 95.6 Å². The molecule has 0 saturated heterocycles. The molecule has 1 N–H and O–H groups in total. The van der Waals surface area contributed by atoms with Gasteiger partial charge in [0.25, 0.3) is 10.1 Å². The lowest BCUT2D eigenvalue weighted by Crippen LogP contribution is -3.00. The summed E-state index contributed by atoms with van der Waals surface area (Å²) in [6, 6.07) is 22.3.